The monoisotopic (exact) mass is 284 g/mol. The predicted molar refractivity (Wildman–Crippen MR) is 67.0 cm³/mol. The minimum Gasteiger partial charge on any atom is -0.481 e. The van der Waals surface area contributed by atoms with E-state index >= 15 is 0 Å². The van der Waals surface area contributed by atoms with Crippen molar-refractivity contribution in [3.8, 4) is 5.88 Å². The third-order valence-electron chi connectivity index (χ3n) is 3.15. The fourth-order valence-electron chi connectivity index (χ4n) is 2.00. The van der Waals surface area contributed by atoms with E-state index in [9.17, 15) is 0 Å². The zero-order valence-electron chi connectivity index (χ0n) is 9.53. The van der Waals surface area contributed by atoms with Crippen LogP contribution in [0, 0.1) is 5.92 Å². The van der Waals surface area contributed by atoms with E-state index in [0.29, 0.717) is 10.7 Å². The standard InChI is InChI=1S/C12H17BrN2O/c1-16-12-7-11(14-8-15-12)6-10(13)5-9-3-2-4-9/h7-10H,2-6H2,1H3. The average Bonchev–Trinajstić information content (AvgIpc) is 2.24. The summed E-state index contributed by atoms with van der Waals surface area (Å²) in [5, 5.41) is 0. The first-order valence-corrected chi connectivity index (χ1v) is 6.68. The largest absolute Gasteiger partial charge is 0.481 e. The van der Waals surface area contributed by atoms with Crippen LogP contribution in [0.3, 0.4) is 0 Å². The van der Waals surface area contributed by atoms with Gasteiger partial charge in [-0.05, 0) is 12.3 Å². The van der Waals surface area contributed by atoms with Crippen LogP contribution in [0.25, 0.3) is 0 Å². The van der Waals surface area contributed by atoms with E-state index in [0.717, 1.165) is 18.0 Å². The molecule has 1 heterocycles. The van der Waals surface area contributed by atoms with E-state index in [1.54, 1.807) is 13.4 Å². The van der Waals surface area contributed by atoms with E-state index < -0.39 is 0 Å². The van der Waals surface area contributed by atoms with Crippen LogP contribution in [0.15, 0.2) is 12.4 Å². The van der Waals surface area contributed by atoms with Crippen LogP contribution in [0.5, 0.6) is 5.88 Å². The Bertz CT molecular complexity index is 342. The minimum atomic E-state index is 0.525. The summed E-state index contributed by atoms with van der Waals surface area (Å²) in [5.41, 5.74) is 1.05. The lowest BCUT2D eigenvalue weighted by Crippen LogP contribution is -2.17. The number of nitrogens with zero attached hydrogens (tertiary/aromatic N) is 2. The van der Waals surface area contributed by atoms with Crippen molar-refractivity contribution in [1.82, 2.24) is 9.97 Å². The van der Waals surface area contributed by atoms with Crippen LogP contribution in [-0.2, 0) is 6.42 Å². The lowest BCUT2D eigenvalue weighted by molar-refractivity contribution is 0.294. The summed E-state index contributed by atoms with van der Waals surface area (Å²) < 4.78 is 5.08. The second kappa shape index (κ2) is 5.62. The molecule has 4 heteroatoms. The van der Waals surface area contributed by atoms with Crippen LogP contribution in [0.1, 0.15) is 31.4 Å². The molecule has 3 nitrogen and oxygen atoms in total. The normalized spacial score (nSPS) is 17.9. The molecule has 1 aliphatic carbocycles. The summed E-state index contributed by atoms with van der Waals surface area (Å²) in [6, 6.07) is 1.91. The SMILES string of the molecule is COc1cc(CC(Br)CC2CCC2)ncn1. The number of hydrogen-bond acceptors (Lipinski definition) is 3. The number of rotatable bonds is 5. The second-order valence-electron chi connectivity index (χ2n) is 4.39. The minimum absolute atomic E-state index is 0.525. The Morgan fingerprint density at radius 3 is 2.94 bits per heavy atom. The van der Waals surface area contributed by atoms with Gasteiger partial charge in [0.1, 0.15) is 6.33 Å². The molecular formula is C12H17BrN2O. The molecule has 2 rings (SSSR count). The smallest absolute Gasteiger partial charge is 0.216 e. The van der Waals surface area contributed by atoms with Gasteiger partial charge in [-0.1, -0.05) is 35.2 Å². The van der Waals surface area contributed by atoms with Gasteiger partial charge in [0, 0.05) is 23.0 Å². The number of methoxy groups -OCH3 is 1. The van der Waals surface area contributed by atoms with E-state index in [1.165, 1.54) is 25.7 Å². The molecule has 88 valence electrons. The molecule has 0 aliphatic heterocycles. The molecule has 0 amide bonds. The Morgan fingerprint density at radius 1 is 1.50 bits per heavy atom. The highest BCUT2D eigenvalue weighted by molar-refractivity contribution is 9.09. The molecule has 1 unspecified atom stereocenters. The highest BCUT2D eigenvalue weighted by atomic mass is 79.9. The van der Waals surface area contributed by atoms with Crippen molar-refractivity contribution in [1.29, 1.82) is 0 Å². The molecule has 16 heavy (non-hydrogen) atoms. The van der Waals surface area contributed by atoms with Gasteiger partial charge in [0.2, 0.25) is 5.88 Å². The molecule has 0 N–H and O–H groups in total. The van der Waals surface area contributed by atoms with Crippen molar-refractivity contribution in [2.75, 3.05) is 7.11 Å². The molecule has 1 aromatic rings. The zero-order valence-corrected chi connectivity index (χ0v) is 11.1. The van der Waals surface area contributed by atoms with Crippen molar-refractivity contribution in [3.63, 3.8) is 0 Å². The molecular weight excluding hydrogens is 268 g/mol. The summed E-state index contributed by atoms with van der Waals surface area (Å²) in [5.74, 6) is 1.57. The van der Waals surface area contributed by atoms with Gasteiger partial charge in [-0.15, -0.1) is 0 Å². The Morgan fingerprint density at radius 2 is 2.31 bits per heavy atom. The number of hydrogen-bond donors (Lipinski definition) is 0. The molecule has 0 radical (unpaired) electrons. The summed E-state index contributed by atoms with van der Waals surface area (Å²) in [6.07, 6.45) is 7.98. The summed E-state index contributed by atoms with van der Waals surface area (Å²) in [4.78, 5) is 8.79. The molecule has 0 saturated heterocycles. The van der Waals surface area contributed by atoms with Crippen LogP contribution in [0.2, 0.25) is 0 Å². The topological polar surface area (TPSA) is 35.0 Å². The van der Waals surface area contributed by atoms with Crippen LogP contribution < -0.4 is 4.74 Å². The maximum atomic E-state index is 5.08. The van der Waals surface area contributed by atoms with Crippen molar-refractivity contribution >= 4 is 15.9 Å². The molecule has 0 aromatic carbocycles. The van der Waals surface area contributed by atoms with Crippen LogP contribution in [0.4, 0.5) is 0 Å². The van der Waals surface area contributed by atoms with Crippen molar-refractivity contribution in [3.05, 3.63) is 18.1 Å². The number of alkyl halides is 1. The van der Waals surface area contributed by atoms with Gasteiger partial charge in [0.05, 0.1) is 7.11 Å². The number of ether oxygens (including phenoxy) is 1. The summed E-state index contributed by atoms with van der Waals surface area (Å²) in [7, 11) is 1.63. The predicted octanol–water partition coefficient (Wildman–Crippen LogP) is 2.98. The Labute approximate surface area is 105 Å². The van der Waals surface area contributed by atoms with Gasteiger partial charge in [-0.2, -0.15) is 0 Å². The Kier molecular flexibility index (Phi) is 4.16. The van der Waals surface area contributed by atoms with E-state index in [4.69, 9.17) is 4.74 Å². The van der Waals surface area contributed by atoms with Gasteiger partial charge in [-0.3, -0.25) is 0 Å². The van der Waals surface area contributed by atoms with Crippen molar-refractivity contribution in [2.45, 2.75) is 36.9 Å². The van der Waals surface area contributed by atoms with Gasteiger partial charge < -0.3 is 4.74 Å². The van der Waals surface area contributed by atoms with E-state index in [-0.39, 0.29) is 0 Å². The molecule has 1 aromatic heterocycles. The molecule has 1 fully saturated rings. The van der Waals surface area contributed by atoms with E-state index in [2.05, 4.69) is 25.9 Å². The van der Waals surface area contributed by atoms with Gasteiger partial charge >= 0.3 is 0 Å². The summed E-state index contributed by atoms with van der Waals surface area (Å²) >= 11 is 3.74. The maximum absolute atomic E-state index is 5.08. The Hall–Kier alpha value is -0.640. The van der Waals surface area contributed by atoms with Crippen molar-refractivity contribution in [2.24, 2.45) is 5.92 Å². The number of halogens is 1. The highest BCUT2D eigenvalue weighted by Crippen LogP contribution is 2.33. The molecule has 1 saturated carbocycles. The first-order chi connectivity index (χ1) is 7.78. The third kappa shape index (κ3) is 3.17. The first kappa shape index (κ1) is 11.8. The lowest BCUT2D eigenvalue weighted by atomic mass is 9.81. The first-order valence-electron chi connectivity index (χ1n) is 5.77. The van der Waals surface area contributed by atoms with Gasteiger partial charge in [-0.25, -0.2) is 9.97 Å². The fraction of sp³-hybridized carbons (Fsp3) is 0.667. The number of aromatic nitrogens is 2. The quantitative estimate of drug-likeness (QED) is 0.780. The van der Waals surface area contributed by atoms with Crippen molar-refractivity contribution < 1.29 is 4.74 Å². The Balaban J connectivity index is 1.86. The molecule has 0 spiro atoms. The molecule has 1 atom stereocenters. The fourth-order valence-corrected chi connectivity index (χ4v) is 2.86. The summed E-state index contributed by atoms with van der Waals surface area (Å²) in [6.45, 7) is 0. The third-order valence-corrected chi connectivity index (χ3v) is 3.85. The average molecular weight is 285 g/mol. The lowest BCUT2D eigenvalue weighted by Gasteiger charge is -2.27. The van der Waals surface area contributed by atoms with Gasteiger partial charge in [0.25, 0.3) is 0 Å². The zero-order chi connectivity index (χ0) is 11.4. The second-order valence-corrected chi connectivity index (χ2v) is 5.68. The highest BCUT2D eigenvalue weighted by Gasteiger charge is 2.21. The van der Waals surface area contributed by atoms with E-state index in [1.807, 2.05) is 6.07 Å². The van der Waals surface area contributed by atoms with Gasteiger partial charge in [0.15, 0.2) is 0 Å². The molecule has 1 aliphatic rings. The van der Waals surface area contributed by atoms with Crippen LogP contribution in [-0.4, -0.2) is 21.9 Å². The maximum Gasteiger partial charge on any atom is 0.216 e. The van der Waals surface area contributed by atoms with Crippen LogP contribution >= 0.6 is 15.9 Å². The molecule has 0 bridgehead atoms.